The molecule has 0 spiro atoms. The zero-order chi connectivity index (χ0) is 8.10. The molecule has 0 N–H and O–H groups in total. The van der Waals surface area contributed by atoms with Gasteiger partial charge in [0.2, 0.25) is 6.08 Å². The first-order valence-electron chi connectivity index (χ1n) is 2.82. The molecule has 1 aromatic rings. The van der Waals surface area contributed by atoms with Crippen LogP contribution < -0.4 is 0 Å². The van der Waals surface area contributed by atoms with Crippen molar-refractivity contribution in [3.05, 3.63) is 28.8 Å². The summed E-state index contributed by atoms with van der Waals surface area (Å²) in [7, 11) is 0. The van der Waals surface area contributed by atoms with Gasteiger partial charge < -0.3 is 4.42 Å². The Hall–Kier alpha value is -1.12. The van der Waals surface area contributed by atoms with Gasteiger partial charge in [-0.1, -0.05) is 0 Å². The van der Waals surface area contributed by atoms with Crippen molar-refractivity contribution in [1.82, 2.24) is 0 Å². The van der Waals surface area contributed by atoms with Gasteiger partial charge in [0.15, 0.2) is 4.67 Å². The lowest BCUT2D eigenvalue weighted by atomic mass is 10.4. The van der Waals surface area contributed by atoms with Crippen molar-refractivity contribution in [2.75, 3.05) is 0 Å². The van der Waals surface area contributed by atoms with Crippen LogP contribution in [-0.2, 0) is 4.79 Å². The van der Waals surface area contributed by atoms with Gasteiger partial charge >= 0.3 is 0 Å². The molecule has 56 valence electrons. The third-order valence-corrected chi connectivity index (χ3v) is 1.39. The molecular weight excluding hydrogens is 210 g/mol. The summed E-state index contributed by atoms with van der Waals surface area (Å²) in [5, 5.41) is 0. The summed E-state index contributed by atoms with van der Waals surface area (Å²) in [4.78, 5) is 12.8. The maximum Gasteiger partial charge on any atom is 0.239 e. The van der Waals surface area contributed by atoms with Crippen molar-refractivity contribution in [2.45, 2.75) is 0 Å². The molecule has 0 atom stereocenters. The van der Waals surface area contributed by atoms with Gasteiger partial charge in [0.25, 0.3) is 0 Å². The Morgan fingerprint density at radius 2 is 2.45 bits per heavy atom. The number of halogens is 1. The van der Waals surface area contributed by atoms with E-state index in [4.69, 9.17) is 4.42 Å². The minimum atomic E-state index is 0.635. The van der Waals surface area contributed by atoms with E-state index in [2.05, 4.69) is 20.9 Å². The normalized spacial score (nSPS) is 9.91. The van der Waals surface area contributed by atoms with E-state index >= 15 is 0 Å². The van der Waals surface area contributed by atoms with Crippen LogP contribution in [0.25, 0.3) is 6.08 Å². The summed E-state index contributed by atoms with van der Waals surface area (Å²) in [6, 6.07) is 3.51. The van der Waals surface area contributed by atoms with Gasteiger partial charge in [-0.2, -0.15) is 4.99 Å². The summed E-state index contributed by atoms with van der Waals surface area (Å²) in [6.07, 6.45) is 4.26. The van der Waals surface area contributed by atoms with Crippen LogP contribution in [-0.4, -0.2) is 6.08 Å². The minimum absolute atomic E-state index is 0.635. The molecule has 0 amide bonds. The van der Waals surface area contributed by atoms with Crippen LogP contribution in [0.4, 0.5) is 0 Å². The Morgan fingerprint density at radius 1 is 1.64 bits per heavy atom. The van der Waals surface area contributed by atoms with Gasteiger partial charge in [0, 0.05) is 6.20 Å². The standard InChI is InChI=1S/C7H4BrNO2/c8-7-2-1-6(11-7)3-4-9-5-10/h1-4H/b4-3-. The number of hydrogen-bond donors (Lipinski definition) is 0. The van der Waals surface area contributed by atoms with E-state index in [1.807, 2.05) is 0 Å². The largest absolute Gasteiger partial charge is 0.450 e. The number of aliphatic imine (C=N–C) groups is 1. The lowest BCUT2D eigenvalue weighted by Gasteiger charge is -1.79. The number of furan rings is 1. The molecule has 11 heavy (non-hydrogen) atoms. The highest BCUT2D eigenvalue weighted by atomic mass is 79.9. The van der Waals surface area contributed by atoms with E-state index in [1.165, 1.54) is 12.3 Å². The van der Waals surface area contributed by atoms with Crippen LogP contribution in [0, 0.1) is 0 Å². The fourth-order valence-corrected chi connectivity index (χ4v) is 0.878. The topological polar surface area (TPSA) is 42.6 Å². The highest BCUT2D eigenvalue weighted by Crippen LogP contribution is 2.14. The molecule has 0 saturated carbocycles. The Labute approximate surface area is 71.6 Å². The van der Waals surface area contributed by atoms with Crippen molar-refractivity contribution in [3.63, 3.8) is 0 Å². The van der Waals surface area contributed by atoms with Crippen molar-refractivity contribution < 1.29 is 9.21 Å². The predicted octanol–water partition coefficient (Wildman–Crippen LogP) is 2.35. The molecule has 1 aromatic heterocycles. The van der Waals surface area contributed by atoms with Gasteiger partial charge in [0.1, 0.15) is 5.76 Å². The van der Waals surface area contributed by atoms with Crippen LogP contribution in [0.1, 0.15) is 5.76 Å². The lowest BCUT2D eigenvalue weighted by molar-refractivity contribution is 0.531. The maximum absolute atomic E-state index is 9.62. The maximum atomic E-state index is 9.62. The molecule has 0 aromatic carbocycles. The first kappa shape index (κ1) is 7.98. The van der Waals surface area contributed by atoms with Crippen molar-refractivity contribution >= 4 is 28.1 Å². The molecule has 1 heterocycles. The average Bonchev–Trinajstić information content (AvgIpc) is 2.37. The Bertz CT molecular complexity index is 310. The lowest BCUT2D eigenvalue weighted by Crippen LogP contribution is -1.57. The number of nitrogens with zero attached hydrogens (tertiary/aromatic N) is 1. The summed E-state index contributed by atoms with van der Waals surface area (Å²) in [5.41, 5.74) is 0. The smallest absolute Gasteiger partial charge is 0.239 e. The number of isocyanates is 1. The molecule has 0 aliphatic heterocycles. The van der Waals surface area contributed by atoms with Gasteiger partial charge in [-0.15, -0.1) is 0 Å². The van der Waals surface area contributed by atoms with E-state index in [0.29, 0.717) is 10.4 Å². The van der Waals surface area contributed by atoms with E-state index < -0.39 is 0 Å². The van der Waals surface area contributed by atoms with Gasteiger partial charge in [-0.3, -0.25) is 0 Å². The molecule has 0 saturated heterocycles. The first-order chi connectivity index (χ1) is 5.33. The molecule has 0 bridgehead atoms. The summed E-state index contributed by atoms with van der Waals surface area (Å²) in [6.45, 7) is 0. The number of hydrogen-bond acceptors (Lipinski definition) is 3. The second-order valence-corrected chi connectivity index (χ2v) is 2.46. The van der Waals surface area contributed by atoms with Crippen LogP contribution in [0.3, 0.4) is 0 Å². The number of rotatable bonds is 2. The Kier molecular flexibility index (Phi) is 2.83. The monoisotopic (exact) mass is 213 g/mol. The quantitative estimate of drug-likeness (QED) is 0.560. The Balaban J connectivity index is 2.71. The molecule has 4 heteroatoms. The van der Waals surface area contributed by atoms with E-state index in [1.54, 1.807) is 18.2 Å². The van der Waals surface area contributed by atoms with Crippen molar-refractivity contribution in [2.24, 2.45) is 4.99 Å². The SMILES string of the molecule is O=C=N/C=C\c1ccc(Br)o1. The average molecular weight is 214 g/mol. The van der Waals surface area contributed by atoms with Gasteiger partial charge in [-0.05, 0) is 34.1 Å². The molecular formula is C7H4BrNO2. The molecule has 0 aliphatic carbocycles. The molecule has 1 rings (SSSR count). The van der Waals surface area contributed by atoms with Crippen molar-refractivity contribution in [1.29, 1.82) is 0 Å². The predicted molar refractivity (Wildman–Crippen MR) is 43.6 cm³/mol. The molecule has 0 radical (unpaired) electrons. The molecule has 3 nitrogen and oxygen atoms in total. The van der Waals surface area contributed by atoms with Crippen LogP contribution in [0.2, 0.25) is 0 Å². The van der Waals surface area contributed by atoms with Crippen LogP contribution in [0.15, 0.2) is 32.4 Å². The van der Waals surface area contributed by atoms with Gasteiger partial charge in [0.05, 0.1) is 0 Å². The van der Waals surface area contributed by atoms with E-state index in [9.17, 15) is 4.79 Å². The highest BCUT2D eigenvalue weighted by molar-refractivity contribution is 9.10. The van der Waals surface area contributed by atoms with Gasteiger partial charge in [-0.25, -0.2) is 4.79 Å². The van der Waals surface area contributed by atoms with E-state index in [0.717, 1.165) is 0 Å². The number of carbonyl (C=O) groups excluding carboxylic acids is 1. The summed E-state index contributed by atoms with van der Waals surface area (Å²) >= 11 is 3.13. The highest BCUT2D eigenvalue weighted by Gasteiger charge is 1.91. The second kappa shape index (κ2) is 3.91. The zero-order valence-corrected chi connectivity index (χ0v) is 7.04. The van der Waals surface area contributed by atoms with Crippen LogP contribution in [0.5, 0.6) is 0 Å². The van der Waals surface area contributed by atoms with Crippen molar-refractivity contribution in [3.8, 4) is 0 Å². The fourth-order valence-electron chi connectivity index (χ4n) is 0.559. The minimum Gasteiger partial charge on any atom is -0.450 e. The van der Waals surface area contributed by atoms with Crippen LogP contribution >= 0.6 is 15.9 Å². The molecule has 0 unspecified atom stereocenters. The molecule has 0 fully saturated rings. The molecule has 0 aliphatic rings. The summed E-state index contributed by atoms with van der Waals surface area (Å²) < 4.78 is 5.72. The summed E-state index contributed by atoms with van der Waals surface area (Å²) in [5.74, 6) is 0.635. The fraction of sp³-hybridized carbons (Fsp3) is 0. The third kappa shape index (κ3) is 2.53. The third-order valence-electron chi connectivity index (χ3n) is 0.960. The van der Waals surface area contributed by atoms with E-state index in [-0.39, 0.29) is 0 Å². The zero-order valence-electron chi connectivity index (χ0n) is 5.45. The Morgan fingerprint density at radius 3 is 3.00 bits per heavy atom. The first-order valence-corrected chi connectivity index (χ1v) is 3.61. The second-order valence-electron chi connectivity index (χ2n) is 1.68.